The van der Waals surface area contributed by atoms with Crippen LogP contribution in [0.15, 0.2) is 84.9 Å². The lowest BCUT2D eigenvalue weighted by atomic mass is 10.1. The highest BCUT2D eigenvalue weighted by molar-refractivity contribution is 5.93. The van der Waals surface area contributed by atoms with E-state index >= 15 is 0 Å². The Hall–Kier alpha value is -3.44. The van der Waals surface area contributed by atoms with Gasteiger partial charge in [-0.15, -0.1) is 0 Å². The van der Waals surface area contributed by atoms with Crippen molar-refractivity contribution in [2.75, 3.05) is 11.9 Å². The highest BCUT2D eigenvalue weighted by Gasteiger charge is 2.19. The van der Waals surface area contributed by atoms with E-state index in [-0.39, 0.29) is 0 Å². The Morgan fingerprint density at radius 2 is 1.37 bits per heavy atom. The second-order valence-corrected chi connectivity index (χ2v) is 5.91. The number of anilines is 1. The van der Waals surface area contributed by atoms with Gasteiger partial charge in [0.1, 0.15) is 0 Å². The van der Waals surface area contributed by atoms with E-state index in [1.807, 2.05) is 42.5 Å². The molecule has 0 aromatic heterocycles. The lowest BCUT2D eigenvalue weighted by molar-refractivity contribution is -0.156. The molecule has 0 bridgehead atoms. The van der Waals surface area contributed by atoms with Gasteiger partial charge in [0.25, 0.3) is 5.91 Å². The van der Waals surface area contributed by atoms with Crippen LogP contribution in [0.1, 0.15) is 11.7 Å². The number of hydrogen-bond donors (Lipinski definition) is 2. The smallest absolute Gasteiger partial charge is 0.340 e. The predicted octanol–water partition coefficient (Wildman–Crippen LogP) is 3.57. The van der Waals surface area contributed by atoms with Gasteiger partial charge in [-0.3, -0.25) is 4.79 Å². The van der Waals surface area contributed by atoms with Crippen LogP contribution in [0, 0.1) is 0 Å². The van der Waals surface area contributed by atoms with Gasteiger partial charge in [-0.2, -0.15) is 0 Å². The molecule has 3 aromatic rings. The van der Waals surface area contributed by atoms with Crippen molar-refractivity contribution in [2.45, 2.75) is 6.10 Å². The van der Waals surface area contributed by atoms with Crippen LogP contribution < -0.4 is 5.32 Å². The number of aliphatic hydroxyl groups excluding tert-OH is 1. The van der Waals surface area contributed by atoms with E-state index in [9.17, 15) is 14.7 Å². The number of hydrogen-bond acceptors (Lipinski definition) is 4. The molecule has 3 aromatic carbocycles. The fraction of sp³-hybridized carbons (Fsp3) is 0.0909. The van der Waals surface area contributed by atoms with Crippen molar-refractivity contribution in [3.63, 3.8) is 0 Å². The van der Waals surface area contributed by atoms with Crippen LogP contribution in [0.25, 0.3) is 11.1 Å². The van der Waals surface area contributed by atoms with Gasteiger partial charge in [-0.05, 0) is 28.8 Å². The van der Waals surface area contributed by atoms with Crippen LogP contribution in [-0.4, -0.2) is 23.6 Å². The average molecular weight is 361 g/mol. The Kier molecular flexibility index (Phi) is 5.97. The van der Waals surface area contributed by atoms with Crippen LogP contribution in [0.4, 0.5) is 5.69 Å². The summed E-state index contributed by atoms with van der Waals surface area (Å²) in [5.41, 5.74) is 3.13. The van der Waals surface area contributed by atoms with Crippen molar-refractivity contribution in [1.82, 2.24) is 0 Å². The van der Waals surface area contributed by atoms with Gasteiger partial charge in [0.2, 0.25) is 0 Å². The Bertz CT molecular complexity index is 893. The minimum absolute atomic E-state index is 0.416. The second-order valence-electron chi connectivity index (χ2n) is 5.91. The third-order valence-corrected chi connectivity index (χ3v) is 3.96. The molecular formula is C22H19NO4. The molecule has 0 unspecified atom stereocenters. The number of ether oxygens (including phenoxy) is 1. The maximum atomic E-state index is 12.0. The fourth-order valence-corrected chi connectivity index (χ4v) is 2.56. The SMILES string of the molecule is O=C(COC(=O)[C@H](O)c1ccccc1)Nc1ccc(-c2ccccc2)cc1. The molecule has 0 aliphatic rings. The van der Waals surface area contributed by atoms with Crippen LogP contribution in [0.3, 0.4) is 0 Å². The first-order valence-corrected chi connectivity index (χ1v) is 8.48. The zero-order chi connectivity index (χ0) is 19.1. The molecule has 5 heteroatoms. The summed E-state index contributed by atoms with van der Waals surface area (Å²) in [7, 11) is 0. The monoisotopic (exact) mass is 361 g/mol. The lowest BCUT2D eigenvalue weighted by Crippen LogP contribution is -2.23. The zero-order valence-corrected chi connectivity index (χ0v) is 14.5. The number of nitrogens with one attached hydrogen (secondary N) is 1. The van der Waals surface area contributed by atoms with Gasteiger partial charge < -0.3 is 15.2 Å². The van der Waals surface area contributed by atoms with Crippen molar-refractivity contribution >= 4 is 17.6 Å². The molecule has 0 saturated carbocycles. The van der Waals surface area contributed by atoms with Crippen molar-refractivity contribution in [3.8, 4) is 11.1 Å². The predicted molar refractivity (Wildman–Crippen MR) is 103 cm³/mol. The second kappa shape index (κ2) is 8.78. The summed E-state index contributed by atoms with van der Waals surface area (Å²) < 4.78 is 4.88. The van der Waals surface area contributed by atoms with E-state index in [1.54, 1.807) is 42.5 Å². The Labute approximate surface area is 157 Å². The Morgan fingerprint density at radius 3 is 2.00 bits per heavy atom. The van der Waals surface area contributed by atoms with Gasteiger partial charge >= 0.3 is 5.97 Å². The van der Waals surface area contributed by atoms with Gasteiger partial charge in [0.05, 0.1) is 0 Å². The largest absolute Gasteiger partial charge is 0.453 e. The molecular weight excluding hydrogens is 342 g/mol. The molecule has 27 heavy (non-hydrogen) atoms. The zero-order valence-electron chi connectivity index (χ0n) is 14.5. The summed E-state index contributed by atoms with van der Waals surface area (Å²) in [6, 6.07) is 25.7. The minimum atomic E-state index is -1.41. The molecule has 1 amide bonds. The van der Waals surface area contributed by atoms with Crippen LogP contribution in [0.2, 0.25) is 0 Å². The summed E-state index contributed by atoms with van der Waals surface area (Å²) in [6.45, 7) is -0.469. The summed E-state index contributed by atoms with van der Waals surface area (Å²) in [4.78, 5) is 23.8. The highest BCUT2D eigenvalue weighted by Crippen LogP contribution is 2.21. The van der Waals surface area contributed by atoms with Crippen molar-refractivity contribution < 1.29 is 19.4 Å². The molecule has 136 valence electrons. The maximum Gasteiger partial charge on any atom is 0.340 e. The summed E-state index contributed by atoms with van der Waals surface area (Å²) in [5, 5.41) is 12.6. The van der Waals surface area contributed by atoms with Crippen LogP contribution >= 0.6 is 0 Å². The minimum Gasteiger partial charge on any atom is -0.453 e. The molecule has 2 N–H and O–H groups in total. The lowest BCUT2D eigenvalue weighted by Gasteiger charge is -2.11. The van der Waals surface area contributed by atoms with E-state index in [4.69, 9.17) is 4.74 Å². The molecule has 0 aliphatic carbocycles. The first-order chi connectivity index (χ1) is 13.1. The topological polar surface area (TPSA) is 75.6 Å². The van der Waals surface area contributed by atoms with Crippen molar-refractivity contribution in [1.29, 1.82) is 0 Å². The van der Waals surface area contributed by atoms with E-state index in [0.717, 1.165) is 11.1 Å². The number of benzene rings is 3. The van der Waals surface area contributed by atoms with Gasteiger partial charge in [-0.1, -0.05) is 72.8 Å². The summed E-state index contributed by atoms with van der Waals surface area (Å²) in [5.74, 6) is -1.34. The Balaban J connectivity index is 1.51. The van der Waals surface area contributed by atoms with Crippen LogP contribution in [0.5, 0.6) is 0 Å². The molecule has 0 saturated heterocycles. The molecule has 0 heterocycles. The van der Waals surface area contributed by atoms with Crippen molar-refractivity contribution in [2.24, 2.45) is 0 Å². The number of carbonyl (C=O) groups excluding carboxylic acids is 2. The first kappa shape index (κ1) is 18.4. The number of esters is 1. The Morgan fingerprint density at radius 1 is 0.815 bits per heavy atom. The van der Waals surface area contributed by atoms with E-state index in [2.05, 4.69) is 5.32 Å². The van der Waals surface area contributed by atoms with Gasteiger partial charge in [0.15, 0.2) is 12.7 Å². The number of rotatable bonds is 6. The standard InChI is InChI=1S/C22H19NO4/c24-20(15-27-22(26)21(25)18-9-5-2-6-10-18)23-19-13-11-17(12-14-19)16-7-3-1-4-8-16/h1-14,21,25H,15H2,(H,23,24)/t21-/m1/s1. The third-order valence-electron chi connectivity index (χ3n) is 3.96. The first-order valence-electron chi connectivity index (χ1n) is 8.48. The average Bonchev–Trinajstić information content (AvgIpc) is 2.73. The molecule has 0 fully saturated rings. The van der Waals surface area contributed by atoms with Crippen molar-refractivity contribution in [3.05, 3.63) is 90.5 Å². The quantitative estimate of drug-likeness (QED) is 0.658. The third kappa shape index (κ3) is 5.03. The number of amides is 1. The van der Waals surface area contributed by atoms with Gasteiger partial charge in [0, 0.05) is 5.69 Å². The normalized spacial score (nSPS) is 11.4. The van der Waals surface area contributed by atoms with E-state index in [1.165, 1.54) is 0 Å². The highest BCUT2D eigenvalue weighted by atomic mass is 16.5. The maximum absolute atomic E-state index is 12.0. The number of aliphatic hydroxyl groups is 1. The summed E-state index contributed by atoms with van der Waals surface area (Å²) >= 11 is 0. The van der Waals surface area contributed by atoms with Crippen LogP contribution in [-0.2, 0) is 14.3 Å². The molecule has 0 aliphatic heterocycles. The molecule has 5 nitrogen and oxygen atoms in total. The number of carbonyl (C=O) groups is 2. The molecule has 0 radical (unpaired) electrons. The summed E-state index contributed by atoms with van der Waals surface area (Å²) in [6.07, 6.45) is -1.41. The van der Waals surface area contributed by atoms with E-state index in [0.29, 0.717) is 11.3 Å². The fourth-order valence-electron chi connectivity index (χ4n) is 2.56. The molecule has 1 atom stereocenters. The molecule has 0 spiro atoms. The molecule has 3 rings (SSSR count). The van der Waals surface area contributed by atoms with E-state index < -0.39 is 24.6 Å². The van der Waals surface area contributed by atoms with Gasteiger partial charge in [-0.25, -0.2) is 4.79 Å².